The van der Waals surface area contributed by atoms with Crippen molar-refractivity contribution >= 4 is 34.6 Å². The summed E-state index contributed by atoms with van der Waals surface area (Å²) < 4.78 is 21.5. The Labute approximate surface area is 214 Å². The maximum Gasteiger partial charge on any atom is 0.174 e. The molecule has 3 heterocycles. The molecule has 1 N–H and O–H groups in total. The Morgan fingerprint density at radius 3 is 2.54 bits per heavy atom. The van der Waals surface area contributed by atoms with Crippen LogP contribution < -0.4 is 15.0 Å². The van der Waals surface area contributed by atoms with E-state index in [1.807, 2.05) is 56.3 Å². The van der Waals surface area contributed by atoms with Crippen LogP contribution in [0.2, 0.25) is 5.02 Å². The molecule has 0 aliphatic carbocycles. The van der Waals surface area contributed by atoms with Crippen molar-refractivity contribution in [2.24, 2.45) is 0 Å². The molecule has 0 unspecified atom stereocenters. The van der Waals surface area contributed by atoms with Crippen LogP contribution >= 0.6 is 23.8 Å². The fourth-order valence-corrected chi connectivity index (χ4v) is 5.45. The van der Waals surface area contributed by atoms with Gasteiger partial charge in [-0.2, -0.15) is 0 Å². The smallest absolute Gasteiger partial charge is 0.174 e. The summed E-state index contributed by atoms with van der Waals surface area (Å²) in [6.45, 7) is 4.07. The molecule has 1 aliphatic rings. The largest absolute Gasteiger partial charge is 0.495 e. The maximum atomic E-state index is 14.1. The highest BCUT2D eigenvalue weighted by Crippen LogP contribution is 2.44. The van der Waals surface area contributed by atoms with Crippen LogP contribution in [0.3, 0.4) is 0 Å². The van der Waals surface area contributed by atoms with Crippen LogP contribution in [0.5, 0.6) is 5.75 Å². The van der Waals surface area contributed by atoms with Crippen molar-refractivity contribution in [2.45, 2.75) is 25.9 Å². The van der Waals surface area contributed by atoms with E-state index in [-0.39, 0.29) is 17.9 Å². The molecule has 178 valence electrons. The van der Waals surface area contributed by atoms with Crippen molar-refractivity contribution < 1.29 is 9.13 Å². The van der Waals surface area contributed by atoms with E-state index in [2.05, 4.69) is 25.8 Å². The van der Waals surface area contributed by atoms with Crippen LogP contribution in [-0.4, -0.2) is 21.8 Å². The van der Waals surface area contributed by atoms with E-state index in [1.165, 1.54) is 6.07 Å². The number of hydrogen-bond donors (Lipinski definition) is 1. The van der Waals surface area contributed by atoms with Crippen molar-refractivity contribution in [1.29, 1.82) is 0 Å². The number of nitrogens with zero attached hydrogens (tertiary/aromatic N) is 3. The molecule has 0 bridgehead atoms. The Kier molecular flexibility index (Phi) is 6.21. The lowest BCUT2D eigenvalue weighted by molar-refractivity contribution is 0.415. The molecule has 8 heteroatoms. The number of thiocarbonyl (C=S) groups is 1. The molecule has 35 heavy (non-hydrogen) atoms. The predicted octanol–water partition coefficient (Wildman–Crippen LogP) is 6.47. The van der Waals surface area contributed by atoms with Gasteiger partial charge >= 0.3 is 0 Å². The second kappa shape index (κ2) is 9.32. The summed E-state index contributed by atoms with van der Waals surface area (Å²) in [5.41, 5.74) is 5.53. The Bertz CT molecular complexity index is 1410. The van der Waals surface area contributed by atoms with E-state index in [4.69, 9.17) is 28.6 Å². The highest BCUT2D eigenvalue weighted by atomic mass is 35.5. The van der Waals surface area contributed by atoms with E-state index >= 15 is 0 Å². The summed E-state index contributed by atoms with van der Waals surface area (Å²) in [4.78, 5) is 6.69. The van der Waals surface area contributed by atoms with Gasteiger partial charge in [0.2, 0.25) is 0 Å². The number of halogens is 2. The predicted molar refractivity (Wildman–Crippen MR) is 141 cm³/mol. The number of anilines is 1. The van der Waals surface area contributed by atoms with Crippen molar-refractivity contribution in [3.05, 3.63) is 106 Å². The lowest BCUT2D eigenvalue weighted by Crippen LogP contribution is -2.29. The average molecular weight is 507 g/mol. The Morgan fingerprint density at radius 2 is 1.86 bits per heavy atom. The minimum atomic E-state index is -0.277. The van der Waals surface area contributed by atoms with Gasteiger partial charge in [-0.3, -0.25) is 4.98 Å². The second-order valence-electron chi connectivity index (χ2n) is 8.46. The normalized spacial score (nSPS) is 17.5. The quantitative estimate of drug-likeness (QED) is 0.314. The lowest BCUT2D eigenvalue weighted by atomic mass is 9.96. The number of aromatic nitrogens is 2. The highest BCUT2D eigenvalue weighted by molar-refractivity contribution is 7.80. The van der Waals surface area contributed by atoms with E-state index in [9.17, 15) is 4.39 Å². The standard InChI is InChI=1S/C27H24ClFN4OS/c1-16-13-21(17(2)32(16)19-8-6-7-18(29)14-19)26-25(23-9-4-5-12-30-23)31-27(35)33(26)20-10-11-24(34-3)22(28)15-20/h4-15,25-26H,1-3H3,(H,31,35)/t25-,26-/m0/s1. The zero-order chi connectivity index (χ0) is 24.7. The molecular weight excluding hydrogens is 483 g/mol. The number of benzene rings is 2. The molecule has 5 nitrogen and oxygen atoms in total. The molecule has 5 rings (SSSR count). The zero-order valence-corrected chi connectivity index (χ0v) is 21.1. The SMILES string of the molecule is COc1ccc(N2C(=S)N[C@@H](c3ccccn3)[C@@H]2c2cc(C)n(-c3cccc(F)c3)c2C)cc1Cl. The van der Waals surface area contributed by atoms with E-state index in [1.54, 1.807) is 25.4 Å². The molecule has 4 aromatic rings. The van der Waals surface area contributed by atoms with Crippen molar-refractivity contribution in [3.8, 4) is 11.4 Å². The molecule has 1 fully saturated rings. The molecule has 0 spiro atoms. The van der Waals surface area contributed by atoms with Gasteiger partial charge in [-0.05, 0) is 86.2 Å². The van der Waals surface area contributed by atoms with Crippen molar-refractivity contribution in [2.75, 3.05) is 12.0 Å². The first-order chi connectivity index (χ1) is 16.9. The molecule has 2 atom stereocenters. The third-order valence-corrected chi connectivity index (χ3v) is 6.98. The summed E-state index contributed by atoms with van der Waals surface area (Å²) >= 11 is 12.3. The minimum Gasteiger partial charge on any atom is -0.495 e. The van der Waals surface area contributed by atoms with Gasteiger partial charge in [-0.1, -0.05) is 23.7 Å². The van der Waals surface area contributed by atoms with Gasteiger partial charge in [-0.25, -0.2) is 4.39 Å². The summed E-state index contributed by atoms with van der Waals surface area (Å²) in [6.07, 6.45) is 1.78. The topological polar surface area (TPSA) is 42.3 Å². The van der Waals surface area contributed by atoms with Crippen LogP contribution in [0.25, 0.3) is 5.69 Å². The first-order valence-corrected chi connectivity index (χ1v) is 12.0. The number of rotatable bonds is 5. The third-order valence-electron chi connectivity index (χ3n) is 6.37. The number of methoxy groups -OCH3 is 1. The highest BCUT2D eigenvalue weighted by Gasteiger charge is 2.42. The first-order valence-electron chi connectivity index (χ1n) is 11.2. The molecule has 0 amide bonds. The van der Waals surface area contributed by atoms with Crippen molar-refractivity contribution in [1.82, 2.24) is 14.9 Å². The van der Waals surface area contributed by atoms with E-state index in [0.717, 1.165) is 34.0 Å². The second-order valence-corrected chi connectivity index (χ2v) is 9.25. The Hall–Kier alpha value is -3.42. The molecular formula is C27H24ClFN4OS. The number of aryl methyl sites for hydroxylation is 1. The summed E-state index contributed by atoms with van der Waals surface area (Å²) in [6, 6.07) is 19.8. The summed E-state index contributed by atoms with van der Waals surface area (Å²) in [5, 5.41) is 4.54. The molecule has 0 saturated carbocycles. The number of pyridine rings is 1. The minimum absolute atomic E-state index is 0.203. The van der Waals surface area contributed by atoms with E-state index in [0.29, 0.717) is 15.9 Å². The fraction of sp³-hybridized carbons (Fsp3) is 0.185. The monoisotopic (exact) mass is 506 g/mol. The van der Waals surface area contributed by atoms with Gasteiger partial charge in [0.1, 0.15) is 11.6 Å². The number of ether oxygens (including phenoxy) is 1. The zero-order valence-electron chi connectivity index (χ0n) is 19.5. The number of nitrogens with one attached hydrogen (secondary N) is 1. The Morgan fingerprint density at radius 1 is 1.03 bits per heavy atom. The summed E-state index contributed by atoms with van der Waals surface area (Å²) in [7, 11) is 1.59. The van der Waals surface area contributed by atoms with Gasteiger partial charge in [0.25, 0.3) is 0 Å². The van der Waals surface area contributed by atoms with Crippen LogP contribution in [0, 0.1) is 19.7 Å². The summed E-state index contributed by atoms with van der Waals surface area (Å²) in [5.74, 6) is 0.316. The van der Waals surface area contributed by atoms with Gasteiger partial charge in [-0.15, -0.1) is 0 Å². The van der Waals surface area contributed by atoms with Gasteiger partial charge < -0.3 is 19.5 Å². The van der Waals surface area contributed by atoms with Gasteiger partial charge in [0.05, 0.1) is 29.9 Å². The van der Waals surface area contributed by atoms with Crippen molar-refractivity contribution in [3.63, 3.8) is 0 Å². The molecule has 0 radical (unpaired) electrons. The number of hydrogen-bond acceptors (Lipinski definition) is 3. The lowest BCUT2D eigenvalue weighted by Gasteiger charge is -2.28. The van der Waals surface area contributed by atoms with Crippen LogP contribution in [0.4, 0.5) is 10.1 Å². The molecule has 2 aromatic carbocycles. The van der Waals surface area contributed by atoms with Gasteiger partial charge in [0, 0.05) is 29.0 Å². The van der Waals surface area contributed by atoms with Crippen LogP contribution in [0.15, 0.2) is 72.9 Å². The maximum absolute atomic E-state index is 14.1. The Balaban J connectivity index is 1.68. The molecule has 1 saturated heterocycles. The van der Waals surface area contributed by atoms with Crippen LogP contribution in [0.1, 0.15) is 34.7 Å². The molecule has 2 aromatic heterocycles. The first kappa shape index (κ1) is 23.3. The fourth-order valence-electron chi connectivity index (χ4n) is 4.85. The average Bonchev–Trinajstić information content (AvgIpc) is 3.34. The third kappa shape index (κ3) is 4.15. The van der Waals surface area contributed by atoms with E-state index < -0.39 is 0 Å². The van der Waals surface area contributed by atoms with Crippen LogP contribution in [-0.2, 0) is 0 Å². The molecule has 1 aliphatic heterocycles. The van der Waals surface area contributed by atoms with Gasteiger partial charge in [0.15, 0.2) is 5.11 Å².